The second kappa shape index (κ2) is 4.77. The molecule has 0 amide bonds. The first-order valence-electron chi connectivity index (χ1n) is 5.74. The van der Waals surface area contributed by atoms with Crippen LogP contribution in [0.15, 0.2) is 23.8 Å². The molecule has 0 radical (unpaired) electrons. The average Bonchev–Trinajstić information content (AvgIpc) is 2.87. The minimum absolute atomic E-state index is 0.101. The number of anilines is 2. The van der Waals surface area contributed by atoms with Crippen molar-refractivity contribution in [3.8, 4) is 5.88 Å². The van der Waals surface area contributed by atoms with Gasteiger partial charge in [0, 0.05) is 38.6 Å². The Bertz CT molecular complexity index is 509. The Balaban J connectivity index is 1.65. The second-order valence-corrected chi connectivity index (χ2v) is 4.85. The van der Waals surface area contributed by atoms with E-state index in [1.165, 1.54) is 11.3 Å². The maximum atomic E-state index is 9.26. The van der Waals surface area contributed by atoms with Gasteiger partial charge in [-0.25, -0.2) is 9.97 Å². The number of rotatable bonds is 2. The summed E-state index contributed by atoms with van der Waals surface area (Å²) in [5.74, 6) is 0.878. The molecule has 0 saturated carbocycles. The van der Waals surface area contributed by atoms with Crippen molar-refractivity contribution in [1.29, 1.82) is 0 Å². The average molecular weight is 263 g/mol. The summed E-state index contributed by atoms with van der Waals surface area (Å²) in [5, 5.41) is 11.8. The first-order chi connectivity index (χ1) is 8.83. The Labute approximate surface area is 109 Å². The van der Waals surface area contributed by atoms with Gasteiger partial charge in [0.1, 0.15) is 0 Å². The highest BCUT2D eigenvalue weighted by atomic mass is 32.1. The summed E-state index contributed by atoms with van der Waals surface area (Å²) >= 11 is 1.47. The predicted octanol–water partition coefficient (Wildman–Crippen LogP) is 0.965. The SMILES string of the molecule is Oc1csc(N2CCN(c3ncccn3)CC2)n1. The normalized spacial score (nSPS) is 16.0. The lowest BCUT2D eigenvalue weighted by Gasteiger charge is -2.34. The molecule has 18 heavy (non-hydrogen) atoms. The Morgan fingerprint density at radius 2 is 1.72 bits per heavy atom. The van der Waals surface area contributed by atoms with Crippen LogP contribution in [-0.2, 0) is 0 Å². The van der Waals surface area contributed by atoms with Gasteiger partial charge in [0.2, 0.25) is 11.8 Å². The molecule has 1 fully saturated rings. The van der Waals surface area contributed by atoms with Crippen LogP contribution in [0.25, 0.3) is 0 Å². The third-order valence-electron chi connectivity index (χ3n) is 2.87. The van der Waals surface area contributed by atoms with Crippen LogP contribution in [-0.4, -0.2) is 46.2 Å². The summed E-state index contributed by atoms with van der Waals surface area (Å²) in [4.78, 5) is 16.9. The van der Waals surface area contributed by atoms with E-state index >= 15 is 0 Å². The van der Waals surface area contributed by atoms with E-state index in [4.69, 9.17) is 0 Å². The van der Waals surface area contributed by atoms with Crippen LogP contribution in [0.5, 0.6) is 5.88 Å². The van der Waals surface area contributed by atoms with Gasteiger partial charge in [-0.15, -0.1) is 11.3 Å². The molecule has 1 aliphatic heterocycles. The van der Waals surface area contributed by atoms with E-state index in [9.17, 15) is 5.11 Å². The molecule has 2 aromatic heterocycles. The molecule has 6 nitrogen and oxygen atoms in total. The van der Waals surface area contributed by atoms with Crippen LogP contribution >= 0.6 is 11.3 Å². The van der Waals surface area contributed by atoms with E-state index in [-0.39, 0.29) is 5.88 Å². The summed E-state index contributed by atoms with van der Waals surface area (Å²) in [6, 6.07) is 1.82. The van der Waals surface area contributed by atoms with Gasteiger partial charge in [0.05, 0.1) is 5.38 Å². The van der Waals surface area contributed by atoms with Gasteiger partial charge in [-0.1, -0.05) is 0 Å². The van der Waals surface area contributed by atoms with Crippen molar-refractivity contribution in [3.63, 3.8) is 0 Å². The molecular weight excluding hydrogens is 250 g/mol. The van der Waals surface area contributed by atoms with Crippen LogP contribution < -0.4 is 9.80 Å². The van der Waals surface area contributed by atoms with Gasteiger partial charge < -0.3 is 14.9 Å². The Kier molecular flexibility index (Phi) is 2.97. The van der Waals surface area contributed by atoms with Gasteiger partial charge in [0.25, 0.3) is 0 Å². The molecule has 7 heteroatoms. The standard InChI is InChI=1S/C11H13N5OS/c17-9-8-18-11(14-9)16-6-4-15(5-7-16)10-12-2-1-3-13-10/h1-3,8,17H,4-7H2. The summed E-state index contributed by atoms with van der Waals surface area (Å²) in [6.45, 7) is 3.46. The monoisotopic (exact) mass is 263 g/mol. The van der Waals surface area contributed by atoms with Crippen LogP contribution in [0.2, 0.25) is 0 Å². The van der Waals surface area contributed by atoms with Crippen molar-refractivity contribution < 1.29 is 5.11 Å². The van der Waals surface area contributed by atoms with E-state index < -0.39 is 0 Å². The number of nitrogens with zero attached hydrogens (tertiary/aromatic N) is 5. The molecule has 2 aromatic rings. The number of hydrogen-bond donors (Lipinski definition) is 1. The quantitative estimate of drug-likeness (QED) is 0.871. The number of hydrogen-bond acceptors (Lipinski definition) is 7. The van der Waals surface area contributed by atoms with E-state index in [2.05, 4.69) is 24.8 Å². The second-order valence-electron chi connectivity index (χ2n) is 4.01. The molecule has 1 aliphatic rings. The minimum atomic E-state index is 0.101. The van der Waals surface area contributed by atoms with Crippen molar-refractivity contribution in [2.24, 2.45) is 0 Å². The maximum absolute atomic E-state index is 9.26. The maximum Gasteiger partial charge on any atom is 0.225 e. The summed E-state index contributed by atoms with van der Waals surface area (Å²) in [7, 11) is 0. The van der Waals surface area contributed by atoms with Crippen LogP contribution in [0.4, 0.5) is 11.1 Å². The number of piperazine rings is 1. The Morgan fingerprint density at radius 3 is 2.33 bits per heavy atom. The number of thiazole rings is 1. The van der Waals surface area contributed by atoms with E-state index in [1.54, 1.807) is 17.8 Å². The topological polar surface area (TPSA) is 65.4 Å². The van der Waals surface area contributed by atoms with Crippen molar-refractivity contribution >= 4 is 22.4 Å². The zero-order chi connectivity index (χ0) is 12.4. The van der Waals surface area contributed by atoms with Crippen molar-refractivity contribution in [2.45, 2.75) is 0 Å². The van der Waals surface area contributed by atoms with Gasteiger partial charge in [0.15, 0.2) is 5.13 Å². The minimum Gasteiger partial charge on any atom is -0.493 e. The van der Waals surface area contributed by atoms with E-state index in [0.29, 0.717) is 0 Å². The summed E-state index contributed by atoms with van der Waals surface area (Å²) in [6.07, 6.45) is 3.52. The lowest BCUT2D eigenvalue weighted by molar-refractivity contribution is 0.457. The molecule has 1 saturated heterocycles. The van der Waals surface area contributed by atoms with Crippen molar-refractivity contribution in [2.75, 3.05) is 36.0 Å². The molecule has 3 heterocycles. The molecule has 0 unspecified atom stereocenters. The first kappa shape index (κ1) is 11.2. The fraction of sp³-hybridized carbons (Fsp3) is 0.364. The molecule has 0 spiro atoms. The van der Waals surface area contributed by atoms with Crippen molar-refractivity contribution in [3.05, 3.63) is 23.8 Å². The fourth-order valence-electron chi connectivity index (χ4n) is 1.95. The smallest absolute Gasteiger partial charge is 0.225 e. The molecule has 0 bridgehead atoms. The molecule has 0 atom stereocenters. The Hall–Kier alpha value is -1.89. The largest absolute Gasteiger partial charge is 0.493 e. The first-order valence-corrected chi connectivity index (χ1v) is 6.62. The third kappa shape index (κ3) is 2.21. The van der Waals surface area contributed by atoms with E-state index in [0.717, 1.165) is 37.3 Å². The zero-order valence-corrected chi connectivity index (χ0v) is 10.5. The predicted molar refractivity (Wildman–Crippen MR) is 70.2 cm³/mol. The highest BCUT2D eigenvalue weighted by Crippen LogP contribution is 2.25. The van der Waals surface area contributed by atoms with Gasteiger partial charge in [-0.2, -0.15) is 4.98 Å². The van der Waals surface area contributed by atoms with Crippen LogP contribution in [0.3, 0.4) is 0 Å². The lowest BCUT2D eigenvalue weighted by Crippen LogP contribution is -2.47. The lowest BCUT2D eigenvalue weighted by atomic mass is 10.3. The zero-order valence-electron chi connectivity index (χ0n) is 9.73. The number of aromatic hydroxyl groups is 1. The molecule has 3 rings (SSSR count). The third-order valence-corrected chi connectivity index (χ3v) is 3.75. The van der Waals surface area contributed by atoms with Gasteiger partial charge in [-0.05, 0) is 6.07 Å². The molecule has 1 N–H and O–H groups in total. The van der Waals surface area contributed by atoms with Gasteiger partial charge in [-0.3, -0.25) is 0 Å². The highest BCUT2D eigenvalue weighted by molar-refractivity contribution is 7.13. The summed E-state index contributed by atoms with van der Waals surface area (Å²) < 4.78 is 0. The number of aromatic nitrogens is 3. The summed E-state index contributed by atoms with van der Waals surface area (Å²) in [5.41, 5.74) is 0. The van der Waals surface area contributed by atoms with Crippen LogP contribution in [0, 0.1) is 0 Å². The molecule has 94 valence electrons. The van der Waals surface area contributed by atoms with Gasteiger partial charge >= 0.3 is 0 Å². The molecule has 0 aliphatic carbocycles. The Morgan fingerprint density at radius 1 is 1.06 bits per heavy atom. The fourth-order valence-corrected chi connectivity index (χ4v) is 2.70. The van der Waals surface area contributed by atoms with Crippen LogP contribution in [0.1, 0.15) is 0 Å². The van der Waals surface area contributed by atoms with Crippen molar-refractivity contribution in [1.82, 2.24) is 15.0 Å². The molecule has 0 aromatic carbocycles. The highest BCUT2D eigenvalue weighted by Gasteiger charge is 2.20. The van der Waals surface area contributed by atoms with E-state index in [1.807, 2.05) is 6.07 Å². The molecular formula is C11H13N5OS.